The third kappa shape index (κ3) is 6.19. The quantitative estimate of drug-likeness (QED) is 0.321. The van der Waals surface area contributed by atoms with E-state index >= 15 is 0 Å². The van der Waals surface area contributed by atoms with Crippen LogP contribution in [0.3, 0.4) is 0 Å². The van der Waals surface area contributed by atoms with Crippen LogP contribution in [0.25, 0.3) is 10.9 Å². The van der Waals surface area contributed by atoms with Crippen LogP contribution in [0.2, 0.25) is 5.02 Å². The fraction of sp³-hybridized carbons (Fsp3) is 0.393. The first kappa shape index (κ1) is 27.2. The largest absolute Gasteiger partial charge is 0.497 e. The lowest BCUT2D eigenvalue weighted by Gasteiger charge is -2.40. The van der Waals surface area contributed by atoms with Gasteiger partial charge in [-0.15, -0.1) is 0 Å². The minimum absolute atomic E-state index is 0.0222. The van der Waals surface area contributed by atoms with Crippen molar-refractivity contribution in [1.29, 1.82) is 0 Å². The average molecular weight is 533 g/mol. The molecule has 5 nitrogen and oxygen atoms in total. The molecular weight excluding hydrogens is 505 g/mol. The van der Waals surface area contributed by atoms with Gasteiger partial charge in [0.2, 0.25) is 0 Å². The van der Waals surface area contributed by atoms with Crippen molar-refractivity contribution in [2.75, 3.05) is 33.4 Å². The maximum atomic E-state index is 13.8. The summed E-state index contributed by atoms with van der Waals surface area (Å²) in [6.45, 7) is 1.57. The number of aliphatic hydroxyl groups is 2. The average Bonchev–Trinajstić information content (AvgIpc) is 2.90. The van der Waals surface area contributed by atoms with E-state index in [2.05, 4.69) is 16.8 Å². The van der Waals surface area contributed by atoms with Crippen LogP contribution in [-0.2, 0) is 0 Å². The van der Waals surface area contributed by atoms with E-state index in [-0.39, 0.29) is 17.6 Å². The van der Waals surface area contributed by atoms with Gasteiger partial charge in [-0.05, 0) is 68.5 Å². The van der Waals surface area contributed by atoms with E-state index < -0.39 is 23.6 Å². The maximum absolute atomic E-state index is 13.8. The van der Waals surface area contributed by atoms with E-state index in [1.807, 2.05) is 11.0 Å². The van der Waals surface area contributed by atoms with Gasteiger partial charge < -0.3 is 14.9 Å². The van der Waals surface area contributed by atoms with Gasteiger partial charge in [-0.1, -0.05) is 23.4 Å². The van der Waals surface area contributed by atoms with E-state index in [4.69, 9.17) is 16.3 Å². The van der Waals surface area contributed by atoms with Gasteiger partial charge in [-0.2, -0.15) is 0 Å². The molecule has 0 saturated carbocycles. The summed E-state index contributed by atoms with van der Waals surface area (Å²) < 4.78 is 45.8. The molecule has 3 aromatic rings. The Bertz CT molecular complexity index is 1330. The summed E-state index contributed by atoms with van der Waals surface area (Å²) in [5, 5.41) is 22.4. The van der Waals surface area contributed by atoms with Crippen LogP contribution in [0.15, 0.2) is 36.5 Å². The third-order valence-corrected chi connectivity index (χ3v) is 7.42. The van der Waals surface area contributed by atoms with Gasteiger partial charge in [0.15, 0.2) is 11.6 Å². The first-order valence-electron chi connectivity index (χ1n) is 12.0. The van der Waals surface area contributed by atoms with Crippen molar-refractivity contribution < 1.29 is 28.1 Å². The summed E-state index contributed by atoms with van der Waals surface area (Å²) in [5.74, 6) is 2.62. The van der Waals surface area contributed by atoms with Crippen LogP contribution in [0.4, 0.5) is 13.2 Å². The Labute approximate surface area is 218 Å². The molecule has 2 N–H and O–H groups in total. The lowest BCUT2D eigenvalue weighted by Crippen LogP contribution is -2.42. The molecule has 0 amide bonds. The second-order valence-corrected chi connectivity index (χ2v) is 9.85. The molecule has 2 heterocycles. The number of methoxy groups -OCH3 is 1. The minimum Gasteiger partial charge on any atom is -0.497 e. The van der Waals surface area contributed by atoms with Gasteiger partial charge in [-0.25, -0.2) is 13.2 Å². The number of hydrogen-bond donors (Lipinski definition) is 2. The SMILES string of the molecule is COc1ccc2ncc(Cl)c([C@H](O)CCC3(CO)CCN(CC#Cc4cc(F)cc(F)c4F)CC3)c2c1. The molecule has 4 rings (SSSR count). The van der Waals surface area contributed by atoms with E-state index in [9.17, 15) is 23.4 Å². The second-order valence-electron chi connectivity index (χ2n) is 9.44. The number of aliphatic hydroxyl groups excluding tert-OH is 2. The summed E-state index contributed by atoms with van der Waals surface area (Å²) in [6.07, 6.45) is 3.03. The van der Waals surface area contributed by atoms with Crippen LogP contribution in [-0.4, -0.2) is 53.4 Å². The van der Waals surface area contributed by atoms with Crippen LogP contribution < -0.4 is 4.74 Å². The highest BCUT2D eigenvalue weighted by molar-refractivity contribution is 6.32. The Balaban J connectivity index is 1.38. The Morgan fingerprint density at radius 2 is 1.95 bits per heavy atom. The van der Waals surface area contributed by atoms with Gasteiger partial charge in [0, 0.05) is 29.8 Å². The second kappa shape index (κ2) is 11.7. The monoisotopic (exact) mass is 532 g/mol. The summed E-state index contributed by atoms with van der Waals surface area (Å²) >= 11 is 6.43. The third-order valence-electron chi connectivity index (χ3n) is 7.12. The molecule has 1 atom stereocenters. The highest BCUT2D eigenvalue weighted by Gasteiger charge is 2.34. The number of rotatable bonds is 7. The zero-order chi connectivity index (χ0) is 26.6. The van der Waals surface area contributed by atoms with E-state index in [1.165, 1.54) is 6.20 Å². The predicted octanol–water partition coefficient (Wildman–Crippen LogP) is 5.25. The molecule has 2 aromatic carbocycles. The van der Waals surface area contributed by atoms with Crippen molar-refractivity contribution in [2.45, 2.75) is 31.8 Å². The van der Waals surface area contributed by atoms with Crippen LogP contribution in [0.5, 0.6) is 5.75 Å². The highest BCUT2D eigenvalue weighted by atomic mass is 35.5. The Morgan fingerprint density at radius 1 is 1.19 bits per heavy atom. The van der Waals surface area contributed by atoms with Crippen molar-refractivity contribution in [2.24, 2.45) is 5.41 Å². The lowest BCUT2D eigenvalue weighted by molar-refractivity contribution is 0.0273. The zero-order valence-electron chi connectivity index (χ0n) is 20.4. The molecule has 1 fully saturated rings. The van der Waals surface area contributed by atoms with Gasteiger partial charge >= 0.3 is 0 Å². The normalized spacial score (nSPS) is 16.3. The Kier molecular flexibility index (Phi) is 8.60. The predicted molar refractivity (Wildman–Crippen MR) is 136 cm³/mol. The van der Waals surface area contributed by atoms with Gasteiger partial charge in [0.1, 0.15) is 11.6 Å². The topological polar surface area (TPSA) is 65.8 Å². The summed E-state index contributed by atoms with van der Waals surface area (Å²) in [6, 6.07) is 6.77. The lowest BCUT2D eigenvalue weighted by atomic mass is 9.74. The Hall–Kier alpha value is -2.83. The molecule has 0 radical (unpaired) electrons. The van der Waals surface area contributed by atoms with Crippen molar-refractivity contribution in [3.63, 3.8) is 0 Å². The van der Waals surface area contributed by atoms with E-state index in [0.29, 0.717) is 73.2 Å². The number of nitrogens with zero attached hydrogens (tertiary/aromatic N) is 2. The summed E-state index contributed by atoms with van der Waals surface area (Å²) in [4.78, 5) is 6.38. The maximum Gasteiger partial charge on any atom is 0.174 e. The highest BCUT2D eigenvalue weighted by Crippen LogP contribution is 2.40. The molecule has 0 unspecified atom stereocenters. The molecule has 9 heteroatoms. The van der Waals surface area contributed by atoms with E-state index in [0.717, 1.165) is 11.5 Å². The number of fused-ring (bicyclic) bond motifs is 1. The number of benzene rings is 2. The smallest absolute Gasteiger partial charge is 0.174 e. The molecule has 1 aliphatic heterocycles. The molecule has 1 saturated heterocycles. The molecule has 0 spiro atoms. The number of pyridine rings is 1. The molecule has 37 heavy (non-hydrogen) atoms. The van der Waals surface area contributed by atoms with Gasteiger partial charge in [0.05, 0.1) is 35.9 Å². The number of aromatic nitrogens is 1. The molecule has 1 aromatic heterocycles. The standard InChI is InChI=1S/C28H28ClF3N2O3/c1-37-20-4-5-24-21(15-20)26(22(29)16-33-24)25(36)6-7-28(17-35)8-11-34(12-9-28)10-2-3-18-13-19(30)14-23(31)27(18)32/h4-5,13-16,25,35-36H,6-12,17H2,1H3/t25-/m1/s1. The van der Waals surface area contributed by atoms with Crippen molar-refractivity contribution in [3.05, 3.63) is 70.1 Å². The zero-order valence-corrected chi connectivity index (χ0v) is 21.2. The molecule has 1 aliphatic rings. The molecule has 0 bridgehead atoms. The van der Waals surface area contributed by atoms with Crippen LogP contribution in [0.1, 0.15) is 42.9 Å². The van der Waals surface area contributed by atoms with E-state index in [1.54, 1.807) is 19.2 Å². The summed E-state index contributed by atoms with van der Waals surface area (Å²) in [7, 11) is 1.57. The number of ether oxygens (including phenoxy) is 1. The minimum atomic E-state index is -1.27. The van der Waals surface area contributed by atoms with Gasteiger partial charge in [0.25, 0.3) is 0 Å². The Morgan fingerprint density at radius 3 is 2.65 bits per heavy atom. The number of halogens is 4. The van der Waals surface area contributed by atoms with Gasteiger partial charge in [-0.3, -0.25) is 9.88 Å². The number of piperidine rings is 1. The van der Waals surface area contributed by atoms with Crippen LogP contribution in [0, 0.1) is 34.7 Å². The van der Waals surface area contributed by atoms with Crippen molar-refractivity contribution >= 4 is 22.5 Å². The molecular formula is C28H28ClF3N2O3. The first-order valence-corrected chi connectivity index (χ1v) is 12.4. The fourth-order valence-corrected chi connectivity index (χ4v) is 5.06. The summed E-state index contributed by atoms with van der Waals surface area (Å²) in [5.41, 5.74) is 0.613. The molecule has 196 valence electrons. The number of likely N-dealkylation sites (tertiary alicyclic amines) is 1. The van der Waals surface area contributed by atoms with Crippen molar-refractivity contribution in [1.82, 2.24) is 9.88 Å². The number of hydrogen-bond acceptors (Lipinski definition) is 5. The van der Waals surface area contributed by atoms with Crippen molar-refractivity contribution in [3.8, 4) is 17.6 Å². The first-order chi connectivity index (χ1) is 17.7. The molecule has 0 aliphatic carbocycles. The fourth-order valence-electron chi connectivity index (χ4n) is 4.79. The van der Waals surface area contributed by atoms with Crippen LogP contribution >= 0.6 is 11.6 Å².